The molecule has 0 aliphatic carbocycles. The van der Waals surface area contributed by atoms with E-state index in [1.807, 2.05) is 6.07 Å². The second-order valence-electron chi connectivity index (χ2n) is 9.92. The van der Waals surface area contributed by atoms with E-state index < -0.39 is 29.8 Å². The van der Waals surface area contributed by atoms with E-state index in [0.29, 0.717) is 41.5 Å². The zero-order valence-electron chi connectivity index (χ0n) is 24.7. The SMILES string of the molecule is CN(C(=O)NCc1cccc(F)c1Cl)[C@H](CCCN/C(=N/C#N)Oc1ccccc1)COC(=O)Nc1cc2cc(F)ccc2cn1. The summed E-state index contributed by atoms with van der Waals surface area (Å²) in [6.07, 6.45) is 3.16. The molecule has 3 N–H and O–H groups in total. The number of para-hydroxylation sites is 1. The molecule has 0 unspecified atom stereocenters. The molecular weight excluding hydrogens is 620 g/mol. The van der Waals surface area contributed by atoms with Crippen LogP contribution in [0.15, 0.2) is 84.0 Å². The Morgan fingerprint density at radius 3 is 2.65 bits per heavy atom. The number of hydrogen-bond acceptors (Lipinski definition) is 7. The number of amidine groups is 1. The lowest BCUT2D eigenvalue weighted by Crippen LogP contribution is -2.46. The number of nitriles is 1. The number of carbonyl (C=O) groups is 2. The molecule has 11 nitrogen and oxygen atoms in total. The molecule has 0 aliphatic rings. The summed E-state index contributed by atoms with van der Waals surface area (Å²) in [6.45, 7) is 0.0781. The molecule has 14 heteroatoms. The Bertz CT molecular complexity index is 1740. The van der Waals surface area contributed by atoms with Crippen LogP contribution in [0, 0.1) is 23.1 Å². The number of nitrogens with zero attached hydrogens (tertiary/aromatic N) is 4. The maximum Gasteiger partial charge on any atom is 0.412 e. The number of likely N-dealkylation sites (N-methyl/N-ethyl adjacent to an activating group) is 1. The van der Waals surface area contributed by atoms with Crippen molar-refractivity contribution < 1.29 is 27.8 Å². The number of carbonyl (C=O) groups excluding carboxylic acids is 2. The van der Waals surface area contributed by atoms with Crippen molar-refractivity contribution in [2.24, 2.45) is 4.99 Å². The van der Waals surface area contributed by atoms with Crippen LogP contribution in [0.2, 0.25) is 5.02 Å². The van der Waals surface area contributed by atoms with E-state index >= 15 is 0 Å². The average Bonchev–Trinajstić information content (AvgIpc) is 3.05. The van der Waals surface area contributed by atoms with Crippen LogP contribution in [0.3, 0.4) is 0 Å². The number of urea groups is 1. The molecular formula is C32H30ClF2N7O4. The summed E-state index contributed by atoms with van der Waals surface area (Å²) in [5, 5.41) is 18.3. The van der Waals surface area contributed by atoms with Gasteiger partial charge in [0.05, 0.1) is 11.1 Å². The summed E-state index contributed by atoms with van der Waals surface area (Å²) < 4.78 is 38.5. The third kappa shape index (κ3) is 9.76. The molecule has 0 saturated heterocycles. The number of ether oxygens (including phenoxy) is 2. The predicted molar refractivity (Wildman–Crippen MR) is 169 cm³/mol. The van der Waals surface area contributed by atoms with Gasteiger partial charge in [0, 0.05) is 31.7 Å². The lowest BCUT2D eigenvalue weighted by atomic mass is 10.1. The van der Waals surface area contributed by atoms with Gasteiger partial charge in [0.25, 0.3) is 0 Å². The number of pyridine rings is 1. The van der Waals surface area contributed by atoms with Crippen LogP contribution >= 0.6 is 11.6 Å². The monoisotopic (exact) mass is 649 g/mol. The fourth-order valence-corrected chi connectivity index (χ4v) is 4.50. The van der Waals surface area contributed by atoms with Crippen molar-refractivity contribution in [1.82, 2.24) is 20.5 Å². The minimum Gasteiger partial charge on any atom is -0.447 e. The minimum absolute atomic E-state index is 0.00159. The first-order valence-corrected chi connectivity index (χ1v) is 14.5. The number of rotatable bonds is 11. The smallest absolute Gasteiger partial charge is 0.412 e. The van der Waals surface area contributed by atoms with Crippen LogP contribution in [0.4, 0.5) is 24.2 Å². The Kier molecular flexibility index (Phi) is 12.0. The van der Waals surface area contributed by atoms with Gasteiger partial charge in [-0.15, -0.1) is 4.99 Å². The predicted octanol–water partition coefficient (Wildman–Crippen LogP) is 6.21. The van der Waals surface area contributed by atoms with E-state index in [1.54, 1.807) is 42.6 Å². The lowest BCUT2D eigenvalue weighted by molar-refractivity contribution is 0.113. The Labute approximate surface area is 268 Å². The summed E-state index contributed by atoms with van der Waals surface area (Å²) in [4.78, 5) is 34.9. The largest absolute Gasteiger partial charge is 0.447 e. The summed E-state index contributed by atoms with van der Waals surface area (Å²) in [5.74, 6) is -0.386. The molecule has 3 amide bonds. The van der Waals surface area contributed by atoms with Crippen molar-refractivity contribution in [2.45, 2.75) is 25.4 Å². The van der Waals surface area contributed by atoms with Crippen molar-refractivity contribution in [3.05, 3.63) is 101 Å². The molecule has 0 radical (unpaired) electrons. The first-order chi connectivity index (χ1) is 22.2. The van der Waals surface area contributed by atoms with E-state index in [4.69, 9.17) is 26.3 Å². The molecule has 1 heterocycles. The van der Waals surface area contributed by atoms with Crippen LogP contribution in [0.25, 0.3) is 10.8 Å². The second kappa shape index (κ2) is 16.6. The number of fused-ring (bicyclic) bond motifs is 1. The van der Waals surface area contributed by atoms with Crippen LogP contribution in [0.5, 0.6) is 5.75 Å². The highest BCUT2D eigenvalue weighted by molar-refractivity contribution is 6.31. The highest BCUT2D eigenvalue weighted by Crippen LogP contribution is 2.20. The molecule has 4 rings (SSSR count). The third-order valence-corrected chi connectivity index (χ3v) is 7.17. The summed E-state index contributed by atoms with van der Waals surface area (Å²) in [7, 11) is 1.53. The van der Waals surface area contributed by atoms with Gasteiger partial charge in [-0.2, -0.15) is 5.26 Å². The fraction of sp³-hybridized carbons (Fsp3) is 0.219. The molecule has 0 bridgehead atoms. The molecule has 4 aromatic rings. The Balaban J connectivity index is 1.37. The Morgan fingerprint density at radius 2 is 1.87 bits per heavy atom. The van der Waals surface area contributed by atoms with Gasteiger partial charge in [-0.3, -0.25) is 5.32 Å². The molecule has 238 valence electrons. The molecule has 1 atom stereocenters. The molecule has 0 aliphatic heterocycles. The second-order valence-corrected chi connectivity index (χ2v) is 10.3. The van der Waals surface area contributed by atoms with Gasteiger partial charge in [0.1, 0.15) is 29.8 Å². The zero-order chi connectivity index (χ0) is 32.9. The van der Waals surface area contributed by atoms with Crippen LogP contribution in [0.1, 0.15) is 18.4 Å². The number of hydrogen-bond donors (Lipinski definition) is 3. The van der Waals surface area contributed by atoms with Crippen LogP contribution in [-0.4, -0.2) is 54.3 Å². The summed E-state index contributed by atoms with van der Waals surface area (Å²) in [6, 6.07) is 17.7. The molecule has 0 saturated carbocycles. The highest BCUT2D eigenvalue weighted by atomic mass is 35.5. The van der Waals surface area contributed by atoms with Crippen molar-refractivity contribution in [1.29, 1.82) is 5.26 Å². The van der Waals surface area contributed by atoms with Gasteiger partial charge in [0.15, 0.2) is 0 Å². The number of nitrogens with one attached hydrogen (secondary N) is 3. The van der Waals surface area contributed by atoms with E-state index in [-0.39, 0.29) is 30.0 Å². The maximum atomic E-state index is 13.8. The van der Waals surface area contributed by atoms with Gasteiger partial charge in [-0.1, -0.05) is 41.9 Å². The van der Waals surface area contributed by atoms with Gasteiger partial charge < -0.3 is 25.0 Å². The van der Waals surface area contributed by atoms with Gasteiger partial charge >= 0.3 is 18.1 Å². The number of amides is 3. The molecule has 0 fully saturated rings. The van der Waals surface area contributed by atoms with Crippen molar-refractivity contribution >= 4 is 46.3 Å². The first-order valence-electron chi connectivity index (χ1n) is 14.1. The number of halogens is 3. The quantitative estimate of drug-likeness (QED) is 0.0759. The molecule has 0 spiro atoms. The maximum absolute atomic E-state index is 13.8. The fourth-order valence-electron chi connectivity index (χ4n) is 4.30. The number of anilines is 1. The van der Waals surface area contributed by atoms with Gasteiger partial charge in [0.2, 0.25) is 6.19 Å². The van der Waals surface area contributed by atoms with Gasteiger partial charge in [-0.05, 0) is 66.3 Å². The van der Waals surface area contributed by atoms with Crippen LogP contribution < -0.4 is 20.7 Å². The first kappa shape index (κ1) is 33.4. The van der Waals surface area contributed by atoms with E-state index in [2.05, 4.69) is 25.9 Å². The molecule has 1 aromatic heterocycles. The lowest BCUT2D eigenvalue weighted by Gasteiger charge is -2.28. The molecule has 46 heavy (non-hydrogen) atoms. The average molecular weight is 650 g/mol. The van der Waals surface area contributed by atoms with Crippen molar-refractivity contribution in [2.75, 3.05) is 25.5 Å². The molecule has 3 aromatic carbocycles. The van der Waals surface area contributed by atoms with Gasteiger partial charge in [-0.25, -0.2) is 23.4 Å². The highest BCUT2D eigenvalue weighted by Gasteiger charge is 2.22. The van der Waals surface area contributed by atoms with E-state index in [1.165, 1.54) is 48.5 Å². The number of benzene rings is 3. The van der Waals surface area contributed by atoms with Crippen molar-refractivity contribution in [3.8, 4) is 11.9 Å². The van der Waals surface area contributed by atoms with Crippen molar-refractivity contribution in [3.63, 3.8) is 0 Å². The Morgan fingerprint density at radius 1 is 1.07 bits per heavy atom. The standard InChI is InChI=1S/C32H30ClF2N7O4/c1-42(31(43)39-18-22-7-5-11-27(35)29(22)33)25(8-6-14-37-30(40-20-36)46-26-9-3-2-4-10-26)19-45-32(44)41-28-16-23-15-24(34)13-12-21(23)17-38-28/h2-5,7,9-13,15-17,25H,6,8,14,18-19H2,1H3,(H,37,40)(H,39,43)(H,38,41,44)/t25-/m1/s1. The zero-order valence-corrected chi connectivity index (χ0v) is 25.4. The number of aliphatic imine (C=N–C) groups is 1. The summed E-state index contributed by atoms with van der Waals surface area (Å²) in [5.41, 5.74) is 0.394. The summed E-state index contributed by atoms with van der Waals surface area (Å²) >= 11 is 6.02. The normalized spacial score (nSPS) is 11.7. The van der Waals surface area contributed by atoms with E-state index in [9.17, 15) is 18.4 Å². The third-order valence-electron chi connectivity index (χ3n) is 6.75. The Hall–Kier alpha value is -5.48. The van der Waals surface area contributed by atoms with Crippen LogP contribution in [-0.2, 0) is 11.3 Å². The topological polar surface area (TPSA) is 141 Å². The number of aromatic nitrogens is 1. The minimum atomic E-state index is -0.827. The van der Waals surface area contributed by atoms with E-state index in [0.717, 1.165) is 0 Å².